The lowest BCUT2D eigenvalue weighted by atomic mass is 9.96. The van der Waals surface area contributed by atoms with Crippen LogP contribution in [0.4, 0.5) is 4.79 Å². The molecule has 21 heavy (non-hydrogen) atoms. The minimum Gasteiger partial charge on any atom is -0.481 e. The van der Waals surface area contributed by atoms with Crippen molar-refractivity contribution in [3.63, 3.8) is 0 Å². The van der Waals surface area contributed by atoms with Gasteiger partial charge in [0.25, 0.3) is 0 Å². The number of nitrogens with zero attached hydrogens (tertiary/aromatic N) is 1. The highest BCUT2D eigenvalue weighted by molar-refractivity contribution is 5.75. The number of carbonyl (C=O) groups excluding carboxylic acids is 1. The van der Waals surface area contributed by atoms with Crippen molar-refractivity contribution in [2.75, 3.05) is 19.7 Å². The van der Waals surface area contributed by atoms with E-state index in [1.165, 1.54) is 0 Å². The van der Waals surface area contributed by atoms with Gasteiger partial charge in [0.15, 0.2) is 0 Å². The van der Waals surface area contributed by atoms with Gasteiger partial charge in [0.05, 0.1) is 24.7 Å². The fraction of sp³-hybridized carbons (Fsp3) is 0.867. The Morgan fingerprint density at radius 3 is 2.81 bits per heavy atom. The largest absolute Gasteiger partial charge is 0.481 e. The molecule has 3 rings (SSSR count). The fourth-order valence-corrected chi connectivity index (χ4v) is 4.10. The van der Waals surface area contributed by atoms with E-state index in [0.29, 0.717) is 19.7 Å². The lowest BCUT2D eigenvalue weighted by Crippen LogP contribution is -2.55. The summed E-state index contributed by atoms with van der Waals surface area (Å²) in [6.45, 7) is 1.72. The molecule has 6 nitrogen and oxygen atoms in total. The first-order chi connectivity index (χ1) is 10.2. The van der Waals surface area contributed by atoms with Crippen molar-refractivity contribution >= 4 is 12.0 Å². The molecule has 0 aromatic carbocycles. The Morgan fingerprint density at radius 2 is 2.00 bits per heavy atom. The Labute approximate surface area is 124 Å². The molecule has 0 aromatic heterocycles. The van der Waals surface area contributed by atoms with Crippen LogP contribution in [0.5, 0.6) is 0 Å². The molecule has 2 aliphatic carbocycles. The first-order valence-corrected chi connectivity index (χ1v) is 8.05. The second-order valence-corrected chi connectivity index (χ2v) is 6.42. The summed E-state index contributed by atoms with van der Waals surface area (Å²) in [6.07, 6.45) is 5.94. The molecule has 3 fully saturated rings. The molecule has 3 aliphatic rings. The van der Waals surface area contributed by atoms with E-state index in [1.807, 2.05) is 4.90 Å². The molecule has 118 valence electrons. The van der Waals surface area contributed by atoms with Gasteiger partial charge in [-0.05, 0) is 38.0 Å². The number of aliphatic carboxylic acids is 1. The molecule has 1 heterocycles. The predicted octanol–water partition coefficient (Wildman–Crippen LogP) is 1.45. The molecule has 1 saturated heterocycles. The number of carbonyl (C=O) groups is 2. The van der Waals surface area contributed by atoms with Crippen LogP contribution >= 0.6 is 0 Å². The van der Waals surface area contributed by atoms with Crippen LogP contribution in [-0.2, 0) is 9.53 Å². The summed E-state index contributed by atoms with van der Waals surface area (Å²) in [7, 11) is 0. The van der Waals surface area contributed by atoms with Gasteiger partial charge in [-0.1, -0.05) is 6.42 Å². The maximum absolute atomic E-state index is 12.4. The van der Waals surface area contributed by atoms with Gasteiger partial charge in [-0.3, -0.25) is 4.79 Å². The van der Waals surface area contributed by atoms with Gasteiger partial charge in [-0.25, -0.2) is 4.79 Å². The smallest absolute Gasteiger partial charge is 0.317 e. The van der Waals surface area contributed by atoms with Gasteiger partial charge in [0.2, 0.25) is 0 Å². The maximum Gasteiger partial charge on any atom is 0.317 e. The third-order valence-corrected chi connectivity index (χ3v) is 5.23. The highest BCUT2D eigenvalue weighted by atomic mass is 16.5. The van der Waals surface area contributed by atoms with E-state index < -0.39 is 5.97 Å². The van der Waals surface area contributed by atoms with Crippen molar-refractivity contribution in [3.8, 4) is 0 Å². The van der Waals surface area contributed by atoms with Gasteiger partial charge in [0.1, 0.15) is 0 Å². The SMILES string of the molecule is O=C(O)C1CCCC1CNC(=O)N1CCOC2CCCC21. The molecular weight excluding hydrogens is 272 g/mol. The summed E-state index contributed by atoms with van der Waals surface area (Å²) in [6, 6.07) is 0.156. The quantitative estimate of drug-likeness (QED) is 0.826. The van der Waals surface area contributed by atoms with Gasteiger partial charge >= 0.3 is 12.0 Å². The molecule has 2 amide bonds. The minimum absolute atomic E-state index is 0.0498. The Morgan fingerprint density at radius 1 is 1.19 bits per heavy atom. The van der Waals surface area contributed by atoms with Gasteiger partial charge in [-0.15, -0.1) is 0 Å². The van der Waals surface area contributed by atoms with E-state index >= 15 is 0 Å². The molecule has 0 bridgehead atoms. The zero-order valence-electron chi connectivity index (χ0n) is 12.3. The third-order valence-electron chi connectivity index (χ3n) is 5.23. The number of ether oxygens (including phenoxy) is 1. The summed E-state index contributed by atoms with van der Waals surface area (Å²) in [4.78, 5) is 25.4. The molecule has 0 spiro atoms. The summed E-state index contributed by atoms with van der Waals surface area (Å²) >= 11 is 0. The van der Waals surface area contributed by atoms with Crippen LogP contribution in [0.15, 0.2) is 0 Å². The van der Waals surface area contributed by atoms with E-state index in [4.69, 9.17) is 4.74 Å². The van der Waals surface area contributed by atoms with Crippen molar-refractivity contribution in [1.82, 2.24) is 10.2 Å². The van der Waals surface area contributed by atoms with Crippen molar-refractivity contribution in [1.29, 1.82) is 0 Å². The molecule has 0 aromatic rings. The van der Waals surface area contributed by atoms with Crippen molar-refractivity contribution in [2.24, 2.45) is 11.8 Å². The zero-order chi connectivity index (χ0) is 14.8. The molecule has 2 N–H and O–H groups in total. The van der Waals surface area contributed by atoms with Crippen LogP contribution in [0.3, 0.4) is 0 Å². The first kappa shape index (κ1) is 14.6. The van der Waals surface area contributed by atoms with Crippen LogP contribution in [0.1, 0.15) is 38.5 Å². The van der Waals surface area contributed by atoms with Crippen LogP contribution < -0.4 is 5.32 Å². The van der Waals surface area contributed by atoms with Crippen LogP contribution in [0, 0.1) is 11.8 Å². The molecule has 4 atom stereocenters. The summed E-state index contributed by atoms with van der Waals surface area (Å²) in [5.74, 6) is -0.949. The maximum atomic E-state index is 12.4. The van der Waals surface area contributed by atoms with Crippen LogP contribution in [0.2, 0.25) is 0 Å². The molecule has 1 aliphatic heterocycles. The van der Waals surface area contributed by atoms with Gasteiger partial charge < -0.3 is 20.1 Å². The second-order valence-electron chi connectivity index (χ2n) is 6.42. The van der Waals surface area contributed by atoms with Crippen molar-refractivity contribution in [2.45, 2.75) is 50.7 Å². The Kier molecular flexibility index (Phi) is 4.33. The van der Waals surface area contributed by atoms with Crippen molar-refractivity contribution in [3.05, 3.63) is 0 Å². The standard InChI is InChI=1S/C15H24N2O4/c18-14(19)11-4-1-3-10(11)9-16-15(20)17-7-8-21-13-6-2-5-12(13)17/h10-13H,1-9H2,(H,16,20)(H,18,19). The summed E-state index contributed by atoms with van der Waals surface area (Å²) < 4.78 is 5.71. The average Bonchev–Trinajstić information content (AvgIpc) is 3.12. The predicted molar refractivity (Wildman–Crippen MR) is 76.0 cm³/mol. The number of carboxylic acid groups (broad SMARTS) is 1. The highest BCUT2D eigenvalue weighted by Gasteiger charge is 2.39. The normalized spacial score (nSPS) is 35.5. The summed E-state index contributed by atoms with van der Waals surface area (Å²) in [5, 5.41) is 12.1. The Balaban J connectivity index is 1.53. The Bertz CT molecular complexity index is 414. The number of morpholine rings is 1. The van der Waals surface area contributed by atoms with Gasteiger partial charge in [0, 0.05) is 13.1 Å². The first-order valence-electron chi connectivity index (χ1n) is 8.05. The zero-order valence-corrected chi connectivity index (χ0v) is 12.3. The van der Waals surface area contributed by atoms with Gasteiger partial charge in [-0.2, -0.15) is 0 Å². The average molecular weight is 296 g/mol. The van der Waals surface area contributed by atoms with E-state index in [2.05, 4.69) is 5.32 Å². The number of nitrogens with one attached hydrogen (secondary N) is 1. The number of rotatable bonds is 3. The Hall–Kier alpha value is -1.30. The number of hydrogen-bond acceptors (Lipinski definition) is 3. The fourth-order valence-electron chi connectivity index (χ4n) is 4.10. The van der Waals surface area contributed by atoms with Crippen LogP contribution in [-0.4, -0.2) is 53.8 Å². The number of fused-ring (bicyclic) bond motifs is 1. The second kappa shape index (κ2) is 6.22. The molecule has 2 saturated carbocycles. The lowest BCUT2D eigenvalue weighted by Gasteiger charge is -2.37. The lowest BCUT2D eigenvalue weighted by molar-refractivity contribution is -0.142. The van der Waals surface area contributed by atoms with E-state index in [1.54, 1.807) is 0 Å². The van der Waals surface area contributed by atoms with E-state index in [9.17, 15) is 14.7 Å². The number of carboxylic acids is 1. The number of hydrogen-bond donors (Lipinski definition) is 2. The highest BCUT2D eigenvalue weighted by Crippen LogP contribution is 2.32. The molecule has 6 heteroatoms. The van der Waals surface area contributed by atoms with E-state index in [-0.39, 0.29) is 30.0 Å². The van der Waals surface area contributed by atoms with Crippen molar-refractivity contribution < 1.29 is 19.4 Å². The third kappa shape index (κ3) is 3.00. The number of urea groups is 1. The molecule has 0 radical (unpaired) electrons. The summed E-state index contributed by atoms with van der Waals surface area (Å²) in [5.41, 5.74) is 0. The topological polar surface area (TPSA) is 78.9 Å². The molecule has 4 unspecified atom stereocenters. The minimum atomic E-state index is -0.728. The monoisotopic (exact) mass is 296 g/mol. The van der Waals surface area contributed by atoms with Crippen LogP contribution in [0.25, 0.3) is 0 Å². The number of amides is 2. The van der Waals surface area contributed by atoms with E-state index in [0.717, 1.165) is 38.5 Å². The molecular formula is C15H24N2O4.